The van der Waals surface area contributed by atoms with Gasteiger partial charge in [-0.1, -0.05) is 36.9 Å². The number of nitrogens with two attached hydrogens (primary N) is 1. The molecule has 2 N–H and O–H groups in total. The molecule has 0 fully saturated rings. The van der Waals surface area contributed by atoms with E-state index in [1.807, 2.05) is 0 Å². The van der Waals surface area contributed by atoms with E-state index >= 15 is 0 Å². The van der Waals surface area contributed by atoms with E-state index in [9.17, 15) is 14.4 Å². The summed E-state index contributed by atoms with van der Waals surface area (Å²) in [5, 5.41) is 0. The molecule has 0 saturated heterocycles. The summed E-state index contributed by atoms with van der Waals surface area (Å²) in [5.41, 5.74) is 4.69. The molecule has 1 aromatic carbocycles. The highest BCUT2D eigenvalue weighted by atomic mass is 16.5. The summed E-state index contributed by atoms with van der Waals surface area (Å²) in [7, 11) is 1.16. The van der Waals surface area contributed by atoms with Gasteiger partial charge in [0.25, 0.3) is 0 Å². The zero-order valence-electron chi connectivity index (χ0n) is 16.8. The Bertz CT molecular complexity index is 1020. The van der Waals surface area contributed by atoms with Crippen molar-refractivity contribution in [3.05, 3.63) is 77.9 Å². The Balaban J connectivity index is 2.41. The number of ether oxygens (including phenoxy) is 3. The number of fused-ring (bicyclic) bond motifs is 2. The number of nitrogens with zero attached hydrogens (tertiary/aromatic N) is 1. The first-order valence-electron chi connectivity index (χ1n) is 9.14. The van der Waals surface area contributed by atoms with E-state index in [0.717, 1.165) is 7.11 Å². The average Bonchev–Trinajstić information content (AvgIpc) is 2.95. The van der Waals surface area contributed by atoms with E-state index < -0.39 is 23.3 Å². The summed E-state index contributed by atoms with van der Waals surface area (Å²) in [6.07, 6.45) is 2.94. The fourth-order valence-electron chi connectivity index (χ4n) is 3.95. The third kappa shape index (κ3) is 2.80. The minimum Gasteiger partial charge on any atom is -0.465 e. The van der Waals surface area contributed by atoms with Crippen LogP contribution < -0.4 is 10.6 Å². The number of amides is 1. The molecule has 0 aromatic heterocycles. The normalized spacial score (nSPS) is 20.1. The van der Waals surface area contributed by atoms with Crippen molar-refractivity contribution in [2.45, 2.75) is 12.3 Å². The predicted octanol–water partition coefficient (Wildman–Crippen LogP) is 1.83. The van der Waals surface area contributed by atoms with E-state index in [1.165, 1.54) is 17.9 Å². The van der Waals surface area contributed by atoms with Crippen LogP contribution in [0.4, 0.5) is 5.69 Å². The Labute approximate surface area is 173 Å². The van der Waals surface area contributed by atoms with Crippen LogP contribution in [0.15, 0.2) is 72.4 Å². The van der Waals surface area contributed by atoms with Gasteiger partial charge in [-0.15, -0.1) is 6.58 Å². The highest BCUT2D eigenvalue weighted by Crippen LogP contribution is 2.54. The topological polar surface area (TPSA) is 108 Å². The van der Waals surface area contributed by atoms with Crippen LogP contribution in [0.25, 0.3) is 0 Å². The summed E-state index contributed by atoms with van der Waals surface area (Å²) in [6, 6.07) is 6.82. The van der Waals surface area contributed by atoms with Gasteiger partial charge in [-0.25, -0.2) is 9.59 Å². The first-order valence-corrected chi connectivity index (χ1v) is 9.14. The van der Waals surface area contributed by atoms with Gasteiger partial charge in [-0.2, -0.15) is 0 Å². The molecule has 1 atom stereocenters. The molecule has 8 nitrogen and oxygen atoms in total. The number of para-hydroxylation sites is 1. The Hall–Kier alpha value is -3.81. The molecule has 0 bridgehead atoms. The summed E-state index contributed by atoms with van der Waals surface area (Å²) in [4.78, 5) is 41.3. The first-order chi connectivity index (χ1) is 14.4. The standard InChI is InChI=1S/C22H22N2O6/c1-5-11-24-15-10-8-7-9-14(15)22(21(24)27)16(20(26)29-12-6-2)13(3)30-18(23)17(22)19(25)28-4/h5-10H,1-2,11-12,23H2,3-4H3. The number of hydrogen-bond donors (Lipinski definition) is 1. The molecule has 3 rings (SSSR count). The number of hydrogen-bond acceptors (Lipinski definition) is 7. The molecular weight excluding hydrogens is 388 g/mol. The second kappa shape index (κ2) is 7.90. The lowest BCUT2D eigenvalue weighted by Crippen LogP contribution is -2.50. The minimum atomic E-state index is -1.88. The number of carbonyl (C=O) groups is 3. The van der Waals surface area contributed by atoms with E-state index in [-0.39, 0.29) is 35.9 Å². The smallest absolute Gasteiger partial charge is 0.340 e. The molecule has 1 aromatic rings. The number of allylic oxidation sites excluding steroid dienone is 1. The van der Waals surface area contributed by atoms with Crippen LogP contribution >= 0.6 is 0 Å². The first kappa shape index (κ1) is 20.9. The Morgan fingerprint density at radius 3 is 2.53 bits per heavy atom. The summed E-state index contributed by atoms with van der Waals surface area (Å²) >= 11 is 0. The molecule has 1 amide bonds. The summed E-state index contributed by atoms with van der Waals surface area (Å²) in [6.45, 7) is 8.77. The maximum Gasteiger partial charge on any atom is 0.340 e. The average molecular weight is 410 g/mol. The third-order valence-corrected chi connectivity index (χ3v) is 5.01. The van der Waals surface area contributed by atoms with E-state index in [4.69, 9.17) is 19.9 Å². The highest BCUT2D eigenvalue weighted by molar-refractivity contribution is 6.22. The quantitative estimate of drug-likeness (QED) is 0.563. The van der Waals surface area contributed by atoms with E-state index in [1.54, 1.807) is 30.3 Å². The lowest BCUT2D eigenvalue weighted by atomic mass is 9.67. The monoisotopic (exact) mass is 410 g/mol. The van der Waals surface area contributed by atoms with Crippen LogP contribution in [0.1, 0.15) is 12.5 Å². The molecule has 0 aliphatic carbocycles. The largest absolute Gasteiger partial charge is 0.465 e. The third-order valence-electron chi connectivity index (χ3n) is 5.01. The molecule has 2 aliphatic rings. The molecule has 156 valence electrons. The SMILES string of the molecule is C=CCOC(=O)C1=C(C)OC(N)=C(C(=O)OC)C12C(=O)N(CC=C)c1ccccc12. The molecule has 2 aliphatic heterocycles. The van der Waals surface area contributed by atoms with Crippen LogP contribution in [-0.2, 0) is 34.0 Å². The summed E-state index contributed by atoms with van der Waals surface area (Å²) in [5.74, 6) is -2.54. The van der Waals surface area contributed by atoms with Crippen LogP contribution in [0.5, 0.6) is 0 Å². The second-order valence-corrected chi connectivity index (χ2v) is 6.62. The predicted molar refractivity (Wildman–Crippen MR) is 109 cm³/mol. The van der Waals surface area contributed by atoms with Gasteiger partial charge in [0.05, 0.1) is 7.11 Å². The van der Waals surface area contributed by atoms with Crippen LogP contribution in [0, 0.1) is 0 Å². The zero-order chi connectivity index (χ0) is 22.1. The van der Waals surface area contributed by atoms with E-state index in [0.29, 0.717) is 11.3 Å². The maximum absolute atomic E-state index is 13.9. The number of anilines is 1. The van der Waals surface area contributed by atoms with Crippen molar-refractivity contribution < 1.29 is 28.6 Å². The van der Waals surface area contributed by atoms with Gasteiger partial charge in [0.15, 0.2) is 0 Å². The molecule has 30 heavy (non-hydrogen) atoms. The van der Waals surface area contributed by atoms with Crippen molar-refractivity contribution in [3.8, 4) is 0 Å². The lowest BCUT2D eigenvalue weighted by molar-refractivity contribution is -0.142. The van der Waals surface area contributed by atoms with Crippen molar-refractivity contribution in [1.29, 1.82) is 0 Å². The van der Waals surface area contributed by atoms with Gasteiger partial charge in [-0.05, 0) is 13.0 Å². The van der Waals surface area contributed by atoms with Crippen LogP contribution in [0.2, 0.25) is 0 Å². The minimum absolute atomic E-state index is 0.0535. The fraction of sp³-hybridized carbons (Fsp3) is 0.227. The van der Waals surface area contributed by atoms with E-state index in [2.05, 4.69) is 13.2 Å². The molecule has 2 heterocycles. The number of benzene rings is 1. The van der Waals surface area contributed by atoms with Crippen molar-refractivity contribution >= 4 is 23.5 Å². The van der Waals surface area contributed by atoms with Crippen molar-refractivity contribution in [2.24, 2.45) is 5.73 Å². The Kier molecular flexibility index (Phi) is 5.51. The molecular formula is C22H22N2O6. The number of esters is 2. The Morgan fingerprint density at radius 1 is 1.20 bits per heavy atom. The number of rotatable bonds is 6. The van der Waals surface area contributed by atoms with Crippen LogP contribution in [-0.4, -0.2) is 38.1 Å². The van der Waals surface area contributed by atoms with Gasteiger partial charge in [-0.3, -0.25) is 4.79 Å². The van der Waals surface area contributed by atoms with Gasteiger partial charge >= 0.3 is 11.9 Å². The van der Waals surface area contributed by atoms with Crippen molar-refractivity contribution in [1.82, 2.24) is 0 Å². The fourth-order valence-corrected chi connectivity index (χ4v) is 3.95. The molecule has 0 radical (unpaired) electrons. The molecule has 1 spiro atoms. The molecule has 0 saturated carbocycles. The number of carbonyl (C=O) groups excluding carboxylic acids is 3. The van der Waals surface area contributed by atoms with Gasteiger partial charge in [0, 0.05) is 17.8 Å². The van der Waals surface area contributed by atoms with Gasteiger partial charge in [0.1, 0.15) is 28.9 Å². The summed E-state index contributed by atoms with van der Waals surface area (Å²) < 4.78 is 15.7. The molecule has 1 unspecified atom stereocenters. The second-order valence-electron chi connectivity index (χ2n) is 6.62. The molecule has 8 heteroatoms. The highest BCUT2D eigenvalue weighted by Gasteiger charge is 2.63. The zero-order valence-corrected chi connectivity index (χ0v) is 16.8. The number of methoxy groups -OCH3 is 1. The van der Waals surface area contributed by atoms with Crippen LogP contribution in [0.3, 0.4) is 0 Å². The van der Waals surface area contributed by atoms with Gasteiger partial charge in [0.2, 0.25) is 11.8 Å². The maximum atomic E-state index is 13.9. The van der Waals surface area contributed by atoms with Crippen molar-refractivity contribution in [2.75, 3.05) is 25.2 Å². The Morgan fingerprint density at radius 2 is 1.90 bits per heavy atom. The van der Waals surface area contributed by atoms with Gasteiger partial charge < -0.3 is 24.8 Å². The lowest BCUT2D eigenvalue weighted by Gasteiger charge is -2.36. The van der Waals surface area contributed by atoms with Crippen molar-refractivity contribution in [3.63, 3.8) is 0 Å².